The molecule has 1 aliphatic rings. The zero-order valence-electron chi connectivity index (χ0n) is 12.4. The summed E-state index contributed by atoms with van der Waals surface area (Å²) in [5, 5.41) is 4.83. The van der Waals surface area contributed by atoms with Gasteiger partial charge in [0, 0.05) is 0 Å². The summed E-state index contributed by atoms with van der Waals surface area (Å²) in [7, 11) is 0. The predicted molar refractivity (Wildman–Crippen MR) is 81.2 cm³/mol. The van der Waals surface area contributed by atoms with E-state index in [9.17, 15) is 14.0 Å². The fraction of sp³-hybridized carbons (Fsp3) is 0.176. The summed E-state index contributed by atoms with van der Waals surface area (Å²) in [6.45, 7) is 1.91. The normalized spacial score (nSPS) is 20.1. The van der Waals surface area contributed by atoms with Gasteiger partial charge in [0.15, 0.2) is 0 Å². The van der Waals surface area contributed by atoms with E-state index in [1.165, 1.54) is 12.1 Å². The molecule has 2 N–H and O–H groups in total. The Morgan fingerprint density at radius 2 is 1.87 bits per heavy atom. The maximum absolute atomic E-state index is 12.9. The number of halogens is 1. The molecule has 2 aromatic carbocycles. The quantitative estimate of drug-likeness (QED) is 0.852. The Hall–Kier alpha value is -2.89. The van der Waals surface area contributed by atoms with E-state index in [4.69, 9.17) is 4.74 Å². The lowest BCUT2D eigenvalue weighted by atomic mass is 9.92. The van der Waals surface area contributed by atoms with Gasteiger partial charge in [-0.25, -0.2) is 9.18 Å². The molecule has 1 atom stereocenters. The maximum atomic E-state index is 12.9. The van der Waals surface area contributed by atoms with Crippen LogP contribution in [0.1, 0.15) is 18.1 Å². The third-order valence-corrected chi connectivity index (χ3v) is 3.77. The molecule has 0 aromatic heterocycles. The van der Waals surface area contributed by atoms with Crippen molar-refractivity contribution in [3.05, 3.63) is 65.5 Å². The molecule has 5 nitrogen and oxygen atoms in total. The van der Waals surface area contributed by atoms with Crippen LogP contribution < -0.4 is 15.4 Å². The lowest BCUT2D eigenvalue weighted by molar-refractivity contribution is -0.123. The molecule has 118 valence electrons. The highest BCUT2D eigenvalue weighted by Crippen LogP contribution is 2.27. The largest absolute Gasteiger partial charge is 0.489 e. The van der Waals surface area contributed by atoms with Crippen LogP contribution in [0.25, 0.3) is 0 Å². The Morgan fingerprint density at radius 1 is 1.13 bits per heavy atom. The molecular formula is C17H15FN2O3. The van der Waals surface area contributed by atoms with Crippen LogP contribution in [-0.4, -0.2) is 11.9 Å². The lowest BCUT2D eigenvalue weighted by Gasteiger charge is -2.21. The topological polar surface area (TPSA) is 67.4 Å². The first kappa shape index (κ1) is 15.0. The Kier molecular flexibility index (Phi) is 3.73. The van der Waals surface area contributed by atoms with Gasteiger partial charge in [-0.3, -0.25) is 10.1 Å². The monoisotopic (exact) mass is 314 g/mol. The molecule has 3 rings (SSSR count). The molecule has 0 unspecified atom stereocenters. The highest BCUT2D eigenvalue weighted by atomic mass is 19.1. The van der Waals surface area contributed by atoms with Crippen molar-refractivity contribution in [3.63, 3.8) is 0 Å². The summed E-state index contributed by atoms with van der Waals surface area (Å²) >= 11 is 0. The minimum Gasteiger partial charge on any atom is -0.489 e. The van der Waals surface area contributed by atoms with Crippen LogP contribution in [0.2, 0.25) is 0 Å². The van der Waals surface area contributed by atoms with E-state index in [2.05, 4.69) is 10.6 Å². The van der Waals surface area contributed by atoms with Crippen molar-refractivity contribution in [3.8, 4) is 5.75 Å². The summed E-state index contributed by atoms with van der Waals surface area (Å²) in [4.78, 5) is 23.3. The second-order valence-corrected chi connectivity index (χ2v) is 5.48. The number of carbonyl (C=O) groups excluding carboxylic acids is 2. The summed E-state index contributed by atoms with van der Waals surface area (Å²) in [6.07, 6.45) is 0. The van der Waals surface area contributed by atoms with Gasteiger partial charge in [0.1, 0.15) is 23.7 Å². The third-order valence-electron chi connectivity index (χ3n) is 3.77. The van der Waals surface area contributed by atoms with E-state index in [1.807, 2.05) is 0 Å². The number of hydrogen-bond acceptors (Lipinski definition) is 3. The van der Waals surface area contributed by atoms with Crippen molar-refractivity contribution in [1.82, 2.24) is 10.6 Å². The number of urea groups is 1. The maximum Gasteiger partial charge on any atom is 0.322 e. The van der Waals surface area contributed by atoms with E-state index in [-0.39, 0.29) is 12.4 Å². The minimum atomic E-state index is -1.12. The molecule has 23 heavy (non-hydrogen) atoms. The molecule has 1 aliphatic heterocycles. The molecule has 0 bridgehead atoms. The first-order chi connectivity index (χ1) is 11.0. The molecule has 0 saturated carbocycles. The van der Waals surface area contributed by atoms with Crippen molar-refractivity contribution in [2.24, 2.45) is 0 Å². The number of carbonyl (C=O) groups is 2. The molecule has 0 radical (unpaired) electrons. The van der Waals surface area contributed by atoms with E-state index >= 15 is 0 Å². The third kappa shape index (κ3) is 3.01. The SMILES string of the molecule is C[C@]1(c2cccc(OCc3ccc(F)cc3)c2)NC(=O)NC1=O. The average Bonchev–Trinajstić information content (AvgIpc) is 2.81. The molecule has 2 aromatic rings. The standard InChI is InChI=1S/C17H15FN2O3/c1-17(15(21)19-16(22)20-17)12-3-2-4-14(9-12)23-10-11-5-7-13(18)8-6-11/h2-9H,10H2,1H3,(H2,19,20,21,22)/t17-/m1/s1. The summed E-state index contributed by atoms with van der Waals surface area (Å²) in [6, 6.07) is 12.5. The van der Waals surface area contributed by atoms with Crippen molar-refractivity contribution < 1.29 is 18.7 Å². The van der Waals surface area contributed by atoms with Gasteiger partial charge in [-0.15, -0.1) is 0 Å². The van der Waals surface area contributed by atoms with E-state index in [1.54, 1.807) is 43.3 Å². The number of hydrogen-bond donors (Lipinski definition) is 2. The first-order valence-corrected chi connectivity index (χ1v) is 7.09. The highest BCUT2D eigenvalue weighted by Gasteiger charge is 2.43. The minimum absolute atomic E-state index is 0.277. The lowest BCUT2D eigenvalue weighted by Crippen LogP contribution is -2.40. The van der Waals surface area contributed by atoms with Gasteiger partial charge in [-0.2, -0.15) is 0 Å². The number of benzene rings is 2. The van der Waals surface area contributed by atoms with Gasteiger partial charge >= 0.3 is 6.03 Å². The average molecular weight is 314 g/mol. The predicted octanol–water partition coefficient (Wildman–Crippen LogP) is 2.46. The van der Waals surface area contributed by atoms with Crippen LogP contribution in [-0.2, 0) is 16.9 Å². The van der Waals surface area contributed by atoms with Gasteiger partial charge in [0.2, 0.25) is 0 Å². The van der Waals surface area contributed by atoms with Crippen molar-refractivity contribution in [2.45, 2.75) is 19.1 Å². The van der Waals surface area contributed by atoms with Crippen molar-refractivity contribution in [1.29, 1.82) is 0 Å². The Bertz CT molecular complexity index is 761. The van der Waals surface area contributed by atoms with Crippen LogP contribution in [0.3, 0.4) is 0 Å². The van der Waals surface area contributed by atoms with Gasteiger partial charge in [0.05, 0.1) is 0 Å². The van der Waals surface area contributed by atoms with Crippen LogP contribution in [0.15, 0.2) is 48.5 Å². The zero-order valence-corrected chi connectivity index (χ0v) is 12.4. The van der Waals surface area contributed by atoms with Gasteiger partial charge in [-0.1, -0.05) is 24.3 Å². The Labute approximate surface area is 132 Å². The molecule has 1 saturated heterocycles. The van der Waals surface area contributed by atoms with Crippen LogP contribution in [0, 0.1) is 5.82 Å². The van der Waals surface area contributed by atoms with Crippen LogP contribution in [0.5, 0.6) is 5.75 Å². The highest BCUT2D eigenvalue weighted by molar-refractivity contribution is 6.07. The molecule has 3 amide bonds. The van der Waals surface area contributed by atoms with Crippen molar-refractivity contribution >= 4 is 11.9 Å². The number of rotatable bonds is 4. The zero-order chi connectivity index (χ0) is 16.4. The smallest absolute Gasteiger partial charge is 0.322 e. The number of nitrogens with one attached hydrogen (secondary N) is 2. The fourth-order valence-corrected chi connectivity index (χ4v) is 2.39. The van der Waals surface area contributed by atoms with E-state index in [0.29, 0.717) is 11.3 Å². The van der Waals surface area contributed by atoms with Gasteiger partial charge in [-0.05, 0) is 42.3 Å². The Morgan fingerprint density at radius 3 is 2.52 bits per heavy atom. The van der Waals surface area contributed by atoms with E-state index in [0.717, 1.165) is 5.56 Å². The molecule has 1 fully saturated rings. The van der Waals surface area contributed by atoms with Crippen molar-refractivity contribution in [2.75, 3.05) is 0 Å². The summed E-state index contributed by atoms with van der Waals surface area (Å²) in [5.41, 5.74) is 0.333. The molecule has 1 heterocycles. The van der Waals surface area contributed by atoms with Crippen LogP contribution >= 0.6 is 0 Å². The molecule has 0 aliphatic carbocycles. The summed E-state index contributed by atoms with van der Waals surface area (Å²) < 4.78 is 18.5. The second kappa shape index (κ2) is 5.72. The number of amides is 3. The summed E-state index contributed by atoms with van der Waals surface area (Å²) in [5.74, 6) is -0.146. The first-order valence-electron chi connectivity index (χ1n) is 7.09. The molecule has 0 spiro atoms. The second-order valence-electron chi connectivity index (χ2n) is 5.48. The Balaban J connectivity index is 1.76. The number of ether oxygens (including phenoxy) is 1. The van der Waals surface area contributed by atoms with Crippen LogP contribution in [0.4, 0.5) is 9.18 Å². The van der Waals surface area contributed by atoms with Gasteiger partial charge in [0.25, 0.3) is 5.91 Å². The van der Waals surface area contributed by atoms with E-state index < -0.39 is 17.5 Å². The van der Waals surface area contributed by atoms with Gasteiger partial charge < -0.3 is 10.1 Å². The fourth-order valence-electron chi connectivity index (χ4n) is 2.39. The number of imide groups is 1. The molecular weight excluding hydrogens is 299 g/mol. The molecule has 6 heteroatoms.